The first-order valence-corrected chi connectivity index (χ1v) is 13.6. The molecule has 0 aliphatic carbocycles. The van der Waals surface area contributed by atoms with Crippen LogP contribution in [0.2, 0.25) is 0 Å². The van der Waals surface area contributed by atoms with Gasteiger partial charge in [0.15, 0.2) is 0 Å². The van der Waals surface area contributed by atoms with Crippen molar-refractivity contribution in [1.29, 1.82) is 0 Å². The van der Waals surface area contributed by atoms with Gasteiger partial charge >= 0.3 is 0 Å². The van der Waals surface area contributed by atoms with E-state index in [1.54, 1.807) is 0 Å². The molecule has 198 valence electrons. The van der Waals surface area contributed by atoms with Gasteiger partial charge < -0.3 is 10.2 Å². The second-order valence-electron chi connectivity index (χ2n) is 12.7. The zero-order valence-corrected chi connectivity index (χ0v) is 24.0. The van der Waals surface area contributed by atoms with E-state index in [2.05, 4.69) is 121 Å². The lowest BCUT2D eigenvalue weighted by molar-refractivity contribution is 0.429. The quantitative estimate of drug-likeness (QED) is 0.274. The van der Waals surface area contributed by atoms with Crippen LogP contribution >= 0.6 is 0 Å². The summed E-state index contributed by atoms with van der Waals surface area (Å²) in [4.78, 5) is 0. The number of rotatable bonds is 6. The number of benzene rings is 4. The van der Waals surface area contributed by atoms with E-state index in [-0.39, 0.29) is 16.7 Å². The zero-order valence-electron chi connectivity index (χ0n) is 24.0. The third-order valence-electron chi connectivity index (χ3n) is 7.45. The summed E-state index contributed by atoms with van der Waals surface area (Å²) >= 11 is 0. The summed E-state index contributed by atoms with van der Waals surface area (Å²) in [6.45, 7) is 14.9. The minimum absolute atomic E-state index is 0.191. The predicted octanol–water partition coefficient (Wildman–Crippen LogP) is 9.03. The van der Waals surface area contributed by atoms with Crippen LogP contribution in [0.5, 0.6) is 11.5 Å². The molecule has 2 heteroatoms. The van der Waals surface area contributed by atoms with E-state index in [9.17, 15) is 10.2 Å². The predicted molar refractivity (Wildman–Crippen MR) is 160 cm³/mol. The van der Waals surface area contributed by atoms with E-state index in [0.29, 0.717) is 11.5 Å². The van der Waals surface area contributed by atoms with Crippen molar-refractivity contribution in [1.82, 2.24) is 0 Å². The number of hydrogen-bond acceptors (Lipinski definition) is 2. The number of phenolic OH excluding ortho intramolecular Hbond substituents is 2. The Morgan fingerprint density at radius 2 is 0.868 bits per heavy atom. The maximum atomic E-state index is 11.6. The number of aromatic hydroxyl groups is 2. The second-order valence-corrected chi connectivity index (χ2v) is 12.7. The Balaban J connectivity index is 1.86. The van der Waals surface area contributed by atoms with Crippen LogP contribution in [0.1, 0.15) is 98.9 Å². The molecule has 4 aromatic carbocycles. The maximum Gasteiger partial charge on any atom is 0.123 e. The molecule has 0 unspecified atom stereocenters. The molecule has 0 aliphatic heterocycles. The Bertz CT molecular complexity index is 1280. The van der Waals surface area contributed by atoms with Gasteiger partial charge in [0, 0.05) is 17.0 Å². The number of hydrogen-bond donors (Lipinski definition) is 2. The Morgan fingerprint density at radius 1 is 0.526 bits per heavy atom. The molecule has 0 radical (unpaired) electrons. The second kappa shape index (κ2) is 10.7. The van der Waals surface area contributed by atoms with E-state index in [1.165, 1.54) is 11.1 Å². The highest BCUT2D eigenvalue weighted by molar-refractivity contribution is 5.56. The van der Waals surface area contributed by atoms with Crippen molar-refractivity contribution in [2.75, 3.05) is 0 Å². The van der Waals surface area contributed by atoms with Crippen LogP contribution in [0, 0.1) is 0 Å². The SMILES string of the molecule is CC(c1cc(Cc2ccccc2)cc(C(C)(C)C)c1O)c1cc(Cc2ccccc2)cc(C(C)(C)C)c1O. The van der Waals surface area contributed by atoms with Crippen molar-refractivity contribution in [2.45, 2.75) is 78.1 Å². The molecule has 0 saturated heterocycles. The molecule has 0 amide bonds. The summed E-state index contributed by atoms with van der Waals surface area (Å²) in [5.41, 5.74) is 7.93. The van der Waals surface area contributed by atoms with Gasteiger partial charge in [-0.25, -0.2) is 0 Å². The van der Waals surface area contributed by atoms with Crippen molar-refractivity contribution in [2.24, 2.45) is 0 Å². The minimum atomic E-state index is -0.223. The Morgan fingerprint density at radius 3 is 1.18 bits per heavy atom. The van der Waals surface area contributed by atoms with Gasteiger partial charge in [-0.2, -0.15) is 0 Å². The molecule has 2 N–H and O–H groups in total. The van der Waals surface area contributed by atoms with Crippen LogP contribution < -0.4 is 0 Å². The van der Waals surface area contributed by atoms with Crippen LogP contribution in [0.15, 0.2) is 84.9 Å². The summed E-state index contributed by atoms with van der Waals surface area (Å²) in [6.07, 6.45) is 1.58. The molecule has 0 aliphatic rings. The van der Waals surface area contributed by atoms with E-state index >= 15 is 0 Å². The molecule has 2 nitrogen and oxygen atoms in total. The molecule has 0 bridgehead atoms. The van der Waals surface area contributed by atoms with E-state index in [4.69, 9.17) is 0 Å². The fraction of sp³-hybridized carbons (Fsp3) is 0.333. The van der Waals surface area contributed by atoms with Gasteiger partial charge in [-0.15, -0.1) is 0 Å². The highest BCUT2D eigenvalue weighted by atomic mass is 16.3. The van der Waals surface area contributed by atoms with Gasteiger partial charge in [-0.05, 0) is 57.1 Å². The molecule has 0 aromatic heterocycles. The van der Waals surface area contributed by atoms with Crippen LogP contribution in [-0.4, -0.2) is 10.2 Å². The molecule has 38 heavy (non-hydrogen) atoms. The minimum Gasteiger partial charge on any atom is -0.507 e. The summed E-state index contributed by atoms with van der Waals surface area (Å²) < 4.78 is 0. The summed E-state index contributed by atoms with van der Waals surface area (Å²) in [5.74, 6) is 0.461. The first kappa shape index (κ1) is 27.5. The van der Waals surface area contributed by atoms with Gasteiger partial charge in [0.05, 0.1) is 0 Å². The molecule has 4 aromatic rings. The molecular formula is C36H42O2. The van der Waals surface area contributed by atoms with Crippen molar-refractivity contribution >= 4 is 0 Å². The summed E-state index contributed by atoms with van der Waals surface area (Å²) in [6, 6.07) is 29.4. The first-order chi connectivity index (χ1) is 17.8. The largest absolute Gasteiger partial charge is 0.507 e. The van der Waals surface area contributed by atoms with Crippen molar-refractivity contribution < 1.29 is 10.2 Å². The number of phenols is 2. The van der Waals surface area contributed by atoms with Crippen molar-refractivity contribution in [3.05, 3.63) is 129 Å². The smallest absolute Gasteiger partial charge is 0.123 e. The lowest BCUT2D eigenvalue weighted by Crippen LogP contribution is -2.15. The molecule has 0 saturated carbocycles. The summed E-state index contributed by atoms with van der Waals surface area (Å²) in [5, 5.41) is 23.2. The third-order valence-corrected chi connectivity index (χ3v) is 7.45. The molecular weight excluding hydrogens is 464 g/mol. The third kappa shape index (κ3) is 6.13. The van der Waals surface area contributed by atoms with Crippen LogP contribution in [0.25, 0.3) is 0 Å². The molecule has 0 atom stereocenters. The average molecular weight is 507 g/mol. The van der Waals surface area contributed by atoms with Crippen LogP contribution in [-0.2, 0) is 23.7 Å². The fourth-order valence-corrected chi connectivity index (χ4v) is 5.28. The average Bonchev–Trinajstić information content (AvgIpc) is 2.85. The van der Waals surface area contributed by atoms with E-state index < -0.39 is 0 Å². The van der Waals surface area contributed by atoms with Crippen molar-refractivity contribution in [3.8, 4) is 11.5 Å². The molecule has 0 heterocycles. The summed E-state index contributed by atoms with van der Waals surface area (Å²) in [7, 11) is 0. The zero-order chi connectivity index (χ0) is 27.7. The lowest BCUT2D eigenvalue weighted by Gasteiger charge is -2.28. The molecule has 0 fully saturated rings. The van der Waals surface area contributed by atoms with E-state index in [0.717, 1.165) is 46.2 Å². The molecule has 0 spiro atoms. The van der Waals surface area contributed by atoms with Gasteiger partial charge in [0.1, 0.15) is 11.5 Å². The highest BCUT2D eigenvalue weighted by Gasteiger charge is 2.28. The van der Waals surface area contributed by atoms with E-state index in [1.807, 2.05) is 12.1 Å². The van der Waals surface area contributed by atoms with Gasteiger partial charge in [0.25, 0.3) is 0 Å². The topological polar surface area (TPSA) is 40.5 Å². The van der Waals surface area contributed by atoms with Gasteiger partial charge in [0.2, 0.25) is 0 Å². The van der Waals surface area contributed by atoms with Crippen molar-refractivity contribution in [3.63, 3.8) is 0 Å². The maximum absolute atomic E-state index is 11.6. The monoisotopic (exact) mass is 506 g/mol. The standard InChI is InChI=1S/C36H42O2/c1-24(29-20-27(18-25-14-10-8-11-15-25)22-31(33(29)37)35(2,3)4)30-21-28(19-26-16-12-9-13-17-26)23-32(34(30)38)36(5,6)7/h8-17,20-24,37-38H,18-19H2,1-7H3. The van der Waals surface area contributed by atoms with Gasteiger partial charge in [-0.1, -0.05) is 133 Å². The van der Waals surface area contributed by atoms with Crippen LogP contribution in [0.4, 0.5) is 0 Å². The first-order valence-electron chi connectivity index (χ1n) is 13.6. The van der Waals surface area contributed by atoms with Gasteiger partial charge in [-0.3, -0.25) is 0 Å². The fourth-order valence-electron chi connectivity index (χ4n) is 5.28. The Kier molecular flexibility index (Phi) is 7.74. The molecule has 4 rings (SSSR count). The van der Waals surface area contributed by atoms with Crippen LogP contribution in [0.3, 0.4) is 0 Å². The Labute approximate surface area is 229 Å². The highest BCUT2D eigenvalue weighted by Crippen LogP contribution is 2.45. The normalized spacial score (nSPS) is 12.2. The Hall–Kier alpha value is -3.52. The lowest BCUT2D eigenvalue weighted by atomic mass is 9.78.